The standard InChI is InChI=1S/C55H115P/c1-5-9-13-17-21-25-29-30-31-35-39-43-47-51-55-56(52-48-44-40-36-32-26-22-18-14-10-6-2,53-49-45-41-37-33-27-23-19-15-11-7-3)54-50-46-42-38-34-28-24-20-16-12-8-4/h56H,5-55H2,1-4H3. The first-order valence-corrected chi connectivity index (χ1v) is 30.6. The van der Waals surface area contributed by atoms with Crippen molar-refractivity contribution in [3.8, 4) is 0 Å². The van der Waals surface area contributed by atoms with Gasteiger partial charge in [-0.05, 0) is 0 Å². The van der Waals surface area contributed by atoms with Gasteiger partial charge in [0, 0.05) is 0 Å². The topological polar surface area (TPSA) is 0 Å². The molecule has 0 radical (unpaired) electrons. The molecule has 0 aliphatic heterocycles. The average Bonchev–Trinajstić information content (AvgIpc) is 3.21. The molecule has 0 fully saturated rings. The zero-order valence-corrected chi connectivity index (χ0v) is 41.6. The fourth-order valence-corrected chi connectivity index (χ4v) is 15.4. The Bertz CT molecular complexity index is 606. The van der Waals surface area contributed by atoms with Crippen LogP contribution in [0.1, 0.15) is 329 Å². The molecular formula is C55H115P. The molecule has 56 heavy (non-hydrogen) atoms. The second-order valence-electron chi connectivity index (χ2n) is 19.7. The van der Waals surface area contributed by atoms with Crippen LogP contribution in [-0.4, -0.2) is 24.6 Å². The Morgan fingerprint density at radius 3 is 0.375 bits per heavy atom. The van der Waals surface area contributed by atoms with Crippen molar-refractivity contribution >= 4 is 7.26 Å². The van der Waals surface area contributed by atoms with E-state index in [4.69, 9.17) is 0 Å². The van der Waals surface area contributed by atoms with E-state index < -0.39 is 7.26 Å². The SMILES string of the molecule is CCCCCCCCCCCCCCCC[PH](CCCCCCCCCCCCC)(CCCCCCCCCCCCC)CCCCCCCCCCCCC. The van der Waals surface area contributed by atoms with E-state index >= 15 is 0 Å². The average molecular weight is 807 g/mol. The first-order chi connectivity index (χ1) is 27.7. The molecule has 1 heteroatoms. The van der Waals surface area contributed by atoms with E-state index in [1.807, 2.05) is 0 Å². The van der Waals surface area contributed by atoms with Crippen molar-refractivity contribution in [1.82, 2.24) is 0 Å². The molecular weight excluding hydrogens is 692 g/mol. The maximum absolute atomic E-state index is 2.34. The van der Waals surface area contributed by atoms with Crippen molar-refractivity contribution in [3.63, 3.8) is 0 Å². The molecule has 0 saturated carbocycles. The van der Waals surface area contributed by atoms with Gasteiger partial charge in [0.05, 0.1) is 0 Å². The van der Waals surface area contributed by atoms with Gasteiger partial charge in [-0.3, -0.25) is 0 Å². The van der Waals surface area contributed by atoms with E-state index in [2.05, 4.69) is 27.7 Å². The molecule has 0 aliphatic rings. The van der Waals surface area contributed by atoms with Gasteiger partial charge in [-0.1, -0.05) is 47.0 Å². The Balaban J connectivity index is 4.88. The van der Waals surface area contributed by atoms with Gasteiger partial charge >= 0.3 is 314 Å². The van der Waals surface area contributed by atoms with E-state index in [1.54, 1.807) is 76.0 Å². The molecule has 0 N–H and O–H groups in total. The van der Waals surface area contributed by atoms with Crippen LogP contribution >= 0.6 is 7.26 Å². The van der Waals surface area contributed by atoms with E-state index in [0.717, 1.165) is 0 Å². The molecule has 0 amide bonds. The van der Waals surface area contributed by atoms with Crippen LogP contribution in [0.3, 0.4) is 0 Å². The summed E-state index contributed by atoms with van der Waals surface area (Å²) in [6, 6.07) is 0. The summed E-state index contributed by atoms with van der Waals surface area (Å²) in [5.41, 5.74) is 0. The summed E-state index contributed by atoms with van der Waals surface area (Å²) >= 11 is 0. The van der Waals surface area contributed by atoms with Crippen LogP contribution in [0, 0.1) is 0 Å². The van der Waals surface area contributed by atoms with Gasteiger partial charge in [0.25, 0.3) is 0 Å². The molecule has 340 valence electrons. The van der Waals surface area contributed by atoms with Crippen LogP contribution in [0.2, 0.25) is 0 Å². The van der Waals surface area contributed by atoms with Crippen LogP contribution in [0.5, 0.6) is 0 Å². The summed E-state index contributed by atoms with van der Waals surface area (Å²) in [7, 11) is -1.18. The number of hydrogen-bond acceptors (Lipinski definition) is 0. The van der Waals surface area contributed by atoms with Gasteiger partial charge in [0.1, 0.15) is 0 Å². The molecule has 0 saturated heterocycles. The predicted octanol–water partition coefficient (Wildman–Crippen LogP) is 21.2. The smallest absolute Gasteiger partial charge is 0.0654 e. The normalized spacial score (nSPS) is 12.3. The van der Waals surface area contributed by atoms with Crippen molar-refractivity contribution in [3.05, 3.63) is 0 Å². The Hall–Kier alpha value is 0.430. The van der Waals surface area contributed by atoms with Gasteiger partial charge in [0.15, 0.2) is 0 Å². The van der Waals surface area contributed by atoms with Crippen LogP contribution in [0.4, 0.5) is 0 Å². The van der Waals surface area contributed by atoms with Crippen molar-refractivity contribution in [2.45, 2.75) is 329 Å². The van der Waals surface area contributed by atoms with Crippen molar-refractivity contribution < 1.29 is 0 Å². The van der Waals surface area contributed by atoms with Crippen molar-refractivity contribution in [2.24, 2.45) is 0 Å². The minimum absolute atomic E-state index is 1.18. The van der Waals surface area contributed by atoms with Crippen LogP contribution < -0.4 is 0 Å². The zero-order chi connectivity index (χ0) is 40.6. The second kappa shape index (κ2) is 49.8. The van der Waals surface area contributed by atoms with Gasteiger partial charge in [-0.15, -0.1) is 0 Å². The Morgan fingerprint density at radius 2 is 0.250 bits per heavy atom. The van der Waals surface area contributed by atoms with Crippen LogP contribution in [0.15, 0.2) is 0 Å². The van der Waals surface area contributed by atoms with Gasteiger partial charge in [0.2, 0.25) is 0 Å². The fraction of sp³-hybridized carbons (Fsp3) is 1.00. The second-order valence-corrected chi connectivity index (χ2v) is 24.7. The predicted molar refractivity (Wildman–Crippen MR) is 267 cm³/mol. The van der Waals surface area contributed by atoms with Gasteiger partial charge in [-0.25, -0.2) is 0 Å². The molecule has 0 bridgehead atoms. The summed E-state index contributed by atoms with van der Waals surface area (Å²) < 4.78 is 0. The summed E-state index contributed by atoms with van der Waals surface area (Å²) in [6.45, 7) is 9.35. The maximum atomic E-state index is 2.34. The van der Waals surface area contributed by atoms with Crippen molar-refractivity contribution in [2.75, 3.05) is 24.6 Å². The molecule has 0 rings (SSSR count). The molecule has 0 aromatic heterocycles. The molecule has 0 atom stereocenters. The minimum atomic E-state index is -1.18. The third kappa shape index (κ3) is 44.0. The molecule has 0 nitrogen and oxygen atoms in total. The van der Waals surface area contributed by atoms with E-state index in [9.17, 15) is 0 Å². The summed E-state index contributed by atoms with van der Waals surface area (Å²) in [4.78, 5) is 0. The van der Waals surface area contributed by atoms with E-state index in [1.165, 1.54) is 250 Å². The zero-order valence-electron chi connectivity index (χ0n) is 40.6. The number of unbranched alkanes of at least 4 members (excludes halogenated alkanes) is 43. The number of hydrogen-bond donors (Lipinski definition) is 0. The number of rotatable bonds is 51. The van der Waals surface area contributed by atoms with Crippen molar-refractivity contribution in [1.29, 1.82) is 0 Å². The third-order valence-corrected chi connectivity index (χ3v) is 19.6. The quantitative estimate of drug-likeness (QED) is 0.0424. The van der Waals surface area contributed by atoms with Gasteiger partial charge in [-0.2, -0.15) is 0 Å². The fourth-order valence-electron chi connectivity index (χ4n) is 9.94. The summed E-state index contributed by atoms with van der Waals surface area (Å²) in [5.74, 6) is 0. The van der Waals surface area contributed by atoms with Crippen LogP contribution in [0.25, 0.3) is 0 Å². The van der Waals surface area contributed by atoms with E-state index in [-0.39, 0.29) is 0 Å². The Kier molecular flexibility index (Phi) is 50.2. The molecule has 0 aromatic carbocycles. The first-order valence-electron chi connectivity index (χ1n) is 27.7. The van der Waals surface area contributed by atoms with Crippen LogP contribution in [-0.2, 0) is 0 Å². The molecule has 0 aromatic rings. The Labute approximate surface area is 360 Å². The molecule has 0 aliphatic carbocycles. The Morgan fingerprint density at radius 1 is 0.143 bits per heavy atom. The van der Waals surface area contributed by atoms with Gasteiger partial charge < -0.3 is 0 Å². The molecule has 0 unspecified atom stereocenters. The third-order valence-electron chi connectivity index (χ3n) is 14.0. The monoisotopic (exact) mass is 807 g/mol. The van der Waals surface area contributed by atoms with E-state index in [0.29, 0.717) is 0 Å². The first kappa shape index (κ1) is 56.4. The molecule has 0 spiro atoms. The minimum Gasteiger partial charge on any atom is -0.0654 e. The summed E-state index contributed by atoms with van der Waals surface area (Å²) in [6.07, 6.45) is 77.0. The molecule has 0 heterocycles. The summed E-state index contributed by atoms with van der Waals surface area (Å²) in [5, 5.41) is 0.